The second-order valence-corrected chi connectivity index (χ2v) is 6.69. The number of anilines is 1. The summed E-state index contributed by atoms with van der Waals surface area (Å²) in [5.41, 5.74) is -0.529. The van der Waals surface area contributed by atoms with Gasteiger partial charge in [-0.05, 0) is 17.7 Å². The first-order valence-corrected chi connectivity index (χ1v) is 9.23. The third-order valence-corrected chi connectivity index (χ3v) is 4.88. The number of hydrogen-bond acceptors (Lipinski definition) is 5. The van der Waals surface area contributed by atoms with E-state index in [1.54, 1.807) is 0 Å². The number of imide groups is 1. The minimum Gasteiger partial charge on any atom is -0.433 e. The second kappa shape index (κ2) is 8.29. The van der Waals surface area contributed by atoms with Crippen LogP contribution in [-0.4, -0.2) is 31.3 Å². The first-order chi connectivity index (χ1) is 15.3. The van der Waals surface area contributed by atoms with E-state index in [1.807, 2.05) is 0 Å². The van der Waals surface area contributed by atoms with E-state index in [9.17, 15) is 31.9 Å². The van der Waals surface area contributed by atoms with Gasteiger partial charge < -0.3 is 14.3 Å². The number of alkyl halides is 4. The molecule has 0 aromatic heterocycles. The molecule has 164 valence electrons. The SMILES string of the molecule is O=CCc1ccc(N2C(=O)c3c(c(OC(F)F)c4ccccc4c3OC(F)F)C2=O)cc1. The number of carbonyl (C=O) groups excluding carboxylic acids is 3. The lowest BCUT2D eigenvalue weighted by Crippen LogP contribution is -2.29. The van der Waals surface area contributed by atoms with Crippen molar-refractivity contribution in [1.29, 1.82) is 0 Å². The van der Waals surface area contributed by atoms with Crippen LogP contribution in [0.15, 0.2) is 48.5 Å². The fourth-order valence-electron chi connectivity index (χ4n) is 3.63. The van der Waals surface area contributed by atoms with Gasteiger partial charge in [0.2, 0.25) is 0 Å². The van der Waals surface area contributed by atoms with Gasteiger partial charge >= 0.3 is 13.2 Å². The van der Waals surface area contributed by atoms with E-state index in [4.69, 9.17) is 0 Å². The van der Waals surface area contributed by atoms with Gasteiger partial charge in [-0.2, -0.15) is 17.6 Å². The van der Waals surface area contributed by atoms with Crippen molar-refractivity contribution in [2.45, 2.75) is 19.6 Å². The molecule has 0 radical (unpaired) electrons. The smallest absolute Gasteiger partial charge is 0.387 e. The van der Waals surface area contributed by atoms with Crippen molar-refractivity contribution in [1.82, 2.24) is 0 Å². The van der Waals surface area contributed by atoms with Crippen LogP contribution in [0.4, 0.5) is 23.2 Å². The molecule has 0 fully saturated rings. The van der Waals surface area contributed by atoms with Gasteiger partial charge in [0.15, 0.2) is 0 Å². The molecule has 0 saturated heterocycles. The van der Waals surface area contributed by atoms with Gasteiger partial charge in [-0.25, -0.2) is 4.90 Å². The summed E-state index contributed by atoms with van der Waals surface area (Å²) in [7, 11) is 0. The molecule has 3 aromatic carbocycles. The van der Waals surface area contributed by atoms with E-state index < -0.39 is 47.7 Å². The molecule has 32 heavy (non-hydrogen) atoms. The Hall–Kier alpha value is -3.95. The number of aldehydes is 1. The third-order valence-electron chi connectivity index (χ3n) is 4.88. The number of rotatable bonds is 7. The summed E-state index contributed by atoms with van der Waals surface area (Å²) in [6, 6.07) is 11.2. The number of ether oxygens (including phenoxy) is 2. The number of benzene rings is 3. The largest absolute Gasteiger partial charge is 0.433 e. The molecule has 1 heterocycles. The summed E-state index contributed by atoms with van der Waals surface area (Å²) < 4.78 is 61.8. The van der Waals surface area contributed by atoms with Crippen molar-refractivity contribution >= 4 is 34.6 Å². The maximum atomic E-state index is 13.2. The number of halogens is 4. The van der Waals surface area contributed by atoms with Crippen LogP contribution in [0.1, 0.15) is 26.3 Å². The van der Waals surface area contributed by atoms with E-state index in [1.165, 1.54) is 48.5 Å². The lowest BCUT2D eigenvalue weighted by atomic mass is 9.99. The number of carbonyl (C=O) groups is 3. The molecule has 0 N–H and O–H groups in total. The van der Waals surface area contributed by atoms with E-state index >= 15 is 0 Å². The van der Waals surface area contributed by atoms with Gasteiger partial charge in [0.25, 0.3) is 11.8 Å². The van der Waals surface area contributed by atoms with Crippen LogP contribution in [0.5, 0.6) is 11.5 Å². The molecule has 0 atom stereocenters. The van der Waals surface area contributed by atoms with Crippen LogP contribution in [0.3, 0.4) is 0 Å². The molecule has 4 rings (SSSR count). The van der Waals surface area contributed by atoms with Crippen LogP contribution >= 0.6 is 0 Å². The van der Waals surface area contributed by atoms with E-state index in [-0.39, 0.29) is 22.9 Å². The van der Waals surface area contributed by atoms with Gasteiger partial charge in [-0.3, -0.25) is 9.59 Å². The predicted molar refractivity (Wildman–Crippen MR) is 105 cm³/mol. The molecule has 0 saturated carbocycles. The van der Waals surface area contributed by atoms with Crippen LogP contribution in [0.2, 0.25) is 0 Å². The van der Waals surface area contributed by atoms with Crippen molar-refractivity contribution in [2.75, 3.05) is 4.90 Å². The highest BCUT2D eigenvalue weighted by molar-refractivity contribution is 6.38. The summed E-state index contributed by atoms with van der Waals surface area (Å²) in [4.78, 5) is 37.7. The highest BCUT2D eigenvalue weighted by Crippen LogP contribution is 2.46. The topological polar surface area (TPSA) is 72.9 Å². The molecule has 0 aliphatic carbocycles. The van der Waals surface area contributed by atoms with Gasteiger partial charge in [-0.1, -0.05) is 36.4 Å². The molecule has 6 nitrogen and oxygen atoms in total. The monoisotopic (exact) mass is 447 g/mol. The van der Waals surface area contributed by atoms with Gasteiger partial charge in [0, 0.05) is 17.2 Å². The zero-order valence-electron chi connectivity index (χ0n) is 16.1. The van der Waals surface area contributed by atoms with E-state index in [2.05, 4.69) is 9.47 Å². The first-order valence-electron chi connectivity index (χ1n) is 9.23. The van der Waals surface area contributed by atoms with Gasteiger partial charge in [-0.15, -0.1) is 0 Å². The number of amides is 2. The minimum atomic E-state index is -3.34. The van der Waals surface area contributed by atoms with Crippen molar-refractivity contribution in [3.8, 4) is 11.5 Å². The number of fused-ring (bicyclic) bond motifs is 2. The lowest BCUT2D eigenvalue weighted by molar-refractivity contribution is -0.107. The van der Waals surface area contributed by atoms with Crippen molar-refractivity contribution < 1.29 is 41.4 Å². The first kappa shape index (κ1) is 21.3. The Bertz CT molecular complexity index is 1160. The summed E-state index contributed by atoms with van der Waals surface area (Å²) in [5.74, 6) is -3.28. The van der Waals surface area contributed by atoms with Crippen molar-refractivity contribution in [3.63, 3.8) is 0 Å². The Morgan fingerprint density at radius 1 is 0.781 bits per heavy atom. The Morgan fingerprint density at radius 2 is 1.25 bits per heavy atom. The maximum Gasteiger partial charge on any atom is 0.387 e. The Morgan fingerprint density at radius 3 is 1.66 bits per heavy atom. The lowest BCUT2D eigenvalue weighted by Gasteiger charge is -2.16. The molecular formula is C22H13F4NO5. The average molecular weight is 447 g/mol. The van der Waals surface area contributed by atoms with Crippen molar-refractivity contribution in [3.05, 3.63) is 65.2 Å². The van der Waals surface area contributed by atoms with Crippen LogP contribution < -0.4 is 14.4 Å². The molecule has 0 unspecified atom stereocenters. The molecule has 0 bridgehead atoms. The molecule has 10 heteroatoms. The van der Waals surface area contributed by atoms with Gasteiger partial charge in [0.1, 0.15) is 17.8 Å². The average Bonchev–Trinajstić information content (AvgIpc) is 3.01. The zero-order valence-corrected chi connectivity index (χ0v) is 16.1. The van der Waals surface area contributed by atoms with Gasteiger partial charge in [0.05, 0.1) is 16.8 Å². The predicted octanol–water partition coefficient (Wildman–Crippen LogP) is 4.58. The summed E-state index contributed by atoms with van der Waals surface area (Å²) >= 11 is 0. The minimum absolute atomic E-state index is 0.0564. The van der Waals surface area contributed by atoms with Crippen LogP contribution in [-0.2, 0) is 11.2 Å². The Balaban J connectivity index is 1.96. The quantitative estimate of drug-likeness (QED) is 0.301. The number of nitrogens with zero attached hydrogens (tertiary/aromatic N) is 1. The van der Waals surface area contributed by atoms with E-state index in [0.29, 0.717) is 16.7 Å². The van der Waals surface area contributed by atoms with Crippen LogP contribution in [0, 0.1) is 0 Å². The maximum absolute atomic E-state index is 13.2. The number of hydrogen-bond donors (Lipinski definition) is 0. The Kier molecular flexibility index (Phi) is 5.52. The fraction of sp³-hybridized carbons (Fsp3) is 0.136. The van der Waals surface area contributed by atoms with E-state index in [0.717, 1.165) is 0 Å². The van der Waals surface area contributed by atoms with Crippen LogP contribution in [0.25, 0.3) is 10.8 Å². The molecule has 1 aliphatic rings. The molecular weight excluding hydrogens is 434 g/mol. The fourth-order valence-corrected chi connectivity index (χ4v) is 3.63. The highest BCUT2D eigenvalue weighted by atomic mass is 19.3. The zero-order chi connectivity index (χ0) is 23.0. The summed E-state index contributed by atoms with van der Waals surface area (Å²) in [6.07, 6.45) is 0.775. The molecule has 2 amide bonds. The molecule has 3 aromatic rings. The summed E-state index contributed by atoms with van der Waals surface area (Å²) in [6.45, 7) is -6.69. The second-order valence-electron chi connectivity index (χ2n) is 6.69. The van der Waals surface area contributed by atoms with Crippen molar-refractivity contribution in [2.24, 2.45) is 0 Å². The Labute approximate surface area is 177 Å². The molecule has 0 spiro atoms. The third kappa shape index (κ3) is 3.53. The standard InChI is InChI=1S/C22H13F4NO5/c23-21(24)31-17-13-3-1-2-4-14(13)18(32-22(25)26)16-15(17)19(29)27(20(16)30)12-7-5-11(6-8-12)9-10-28/h1-8,10,21-22H,9H2. The highest BCUT2D eigenvalue weighted by Gasteiger charge is 2.44. The summed E-state index contributed by atoms with van der Waals surface area (Å²) in [5, 5.41) is -0.182. The molecule has 1 aliphatic heterocycles. The normalized spacial score (nSPS) is 13.2.